The Bertz CT molecular complexity index is 251. The molecule has 1 saturated heterocycles. The number of carboxylic acid groups (broad SMARTS) is 1. The van der Waals surface area contributed by atoms with Gasteiger partial charge in [-0.3, -0.25) is 0 Å². The van der Waals surface area contributed by atoms with E-state index in [4.69, 9.17) is 0 Å². The highest BCUT2D eigenvalue weighted by Gasteiger charge is 2.38. The SMILES string of the molecule is C.C.CCC1C[N+](C)(C)CC1CCC(C)C(=O)[O-]. The van der Waals surface area contributed by atoms with Gasteiger partial charge >= 0.3 is 0 Å². The van der Waals surface area contributed by atoms with Crippen LogP contribution in [0.1, 0.15) is 48.0 Å². The second-order valence-electron chi connectivity index (χ2n) is 6.03. The van der Waals surface area contributed by atoms with Crippen LogP contribution in [0, 0.1) is 17.8 Å². The average Bonchev–Trinajstić information content (AvgIpc) is 2.49. The Hall–Kier alpha value is -0.570. The number of hydrogen-bond donors (Lipinski definition) is 0. The third-order valence-electron chi connectivity index (χ3n) is 4.02. The molecule has 0 aromatic carbocycles. The zero-order chi connectivity index (χ0) is 12.3. The number of aliphatic carboxylic acids is 1. The number of likely N-dealkylation sites (tertiary alicyclic amines) is 1. The van der Waals surface area contributed by atoms with Gasteiger partial charge in [0, 0.05) is 17.8 Å². The fraction of sp³-hybridized carbons (Fsp3) is 0.933. The summed E-state index contributed by atoms with van der Waals surface area (Å²) in [5, 5.41) is 10.7. The molecule has 1 aliphatic rings. The standard InChI is InChI=1S/C13H25NO2.2CH4/c1-5-11-8-14(3,4)9-12(11)7-6-10(2)13(15)16;;/h10-12H,5-9H2,1-4H3;2*1H4. The first-order valence-corrected chi connectivity index (χ1v) is 6.38. The molecule has 3 heteroatoms. The molecule has 0 spiro atoms. The number of carbonyl (C=O) groups is 1. The molecule has 1 heterocycles. The van der Waals surface area contributed by atoms with E-state index < -0.39 is 5.97 Å². The first kappa shape index (κ1) is 19.8. The minimum Gasteiger partial charge on any atom is -0.550 e. The van der Waals surface area contributed by atoms with Crippen molar-refractivity contribution in [3.63, 3.8) is 0 Å². The van der Waals surface area contributed by atoms with Crippen molar-refractivity contribution in [3.8, 4) is 0 Å². The molecule has 0 aromatic heterocycles. The van der Waals surface area contributed by atoms with Crippen molar-refractivity contribution in [2.75, 3.05) is 27.2 Å². The van der Waals surface area contributed by atoms with Crippen molar-refractivity contribution in [3.05, 3.63) is 0 Å². The molecule has 110 valence electrons. The van der Waals surface area contributed by atoms with Gasteiger partial charge in [0.15, 0.2) is 0 Å². The van der Waals surface area contributed by atoms with Crippen LogP contribution < -0.4 is 5.11 Å². The zero-order valence-electron chi connectivity index (χ0n) is 11.0. The Morgan fingerprint density at radius 3 is 2.22 bits per heavy atom. The number of carboxylic acids is 1. The highest BCUT2D eigenvalue weighted by atomic mass is 16.4. The second-order valence-corrected chi connectivity index (χ2v) is 6.03. The largest absolute Gasteiger partial charge is 0.550 e. The Balaban J connectivity index is 0. The van der Waals surface area contributed by atoms with Gasteiger partial charge in [-0.1, -0.05) is 28.7 Å². The van der Waals surface area contributed by atoms with E-state index in [9.17, 15) is 9.90 Å². The molecule has 3 nitrogen and oxygen atoms in total. The van der Waals surface area contributed by atoms with Crippen LogP contribution >= 0.6 is 0 Å². The van der Waals surface area contributed by atoms with Crippen molar-refractivity contribution in [2.45, 2.75) is 48.0 Å². The van der Waals surface area contributed by atoms with Gasteiger partial charge in [0.1, 0.15) is 0 Å². The Kier molecular flexibility index (Phi) is 8.54. The molecule has 1 aliphatic heterocycles. The molecule has 3 unspecified atom stereocenters. The lowest BCUT2D eigenvalue weighted by atomic mass is 9.87. The van der Waals surface area contributed by atoms with Crippen molar-refractivity contribution in [2.24, 2.45) is 17.8 Å². The van der Waals surface area contributed by atoms with E-state index in [-0.39, 0.29) is 20.8 Å². The minimum atomic E-state index is -0.903. The molecule has 0 amide bonds. The van der Waals surface area contributed by atoms with Crippen LogP contribution in [0.2, 0.25) is 0 Å². The quantitative estimate of drug-likeness (QED) is 0.710. The first-order valence-electron chi connectivity index (χ1n) is 6.38. The fourth-order valence-electron chi connectivity index (χ4n) is 3.01. The fourth-order valence-corrected chi connectivity index (χ4v) is 3.01. The summed E-state index contributed by atoms with van der Waals surface area (Å²) in [6.45, 7) is 6.43. The van der Waals surface area contributed by atoms with Crippen molar-refractivity contribution < 1.29 is 14.4 Å². The Morgan fingerprint density at radius 1 is 1.28 bits per heavy atom. The number of hydrogen-bond acceptors (Lipinski definition) is 2. The highest BCUT2D eigenvalue weighted by molar-refractivity contribution is 5.66. The van der Waals surface area contributed by atoms with Crippen LogP contribution in [0.4, 0.5) is 0 Å². The van der Waals surface area contributed by atoms with Crippen molar-refractivity contribution in [1.29, 1.82) is 0 Å². The Labute approximate surface area is 114 Å². The molecule has 1 fully saturated rings. The molecule has 18 heavy (non-hydrogen) atoms. The summed E-state index contributed by atoms with van der Waals surface area (Å²) in [6.07, 6.45) is 3.02. The van der Waals surface area contributed by atoms with Gasteiger partial charge in [-0.2, -0.15) is 0 Å². The summed E-state index contributed by atoms with van der Waals surface area (Å²) >= 11 is 0. The van der Waals surface area contributed by atoms with E-state index in [1.54, 1.807) is 6.92 Å². The number of rotatable bonds is 5. The summed E-state index contributed by atoms with van der Waals surface area (Å²) < 4.78 is 1.09. The molecule has 0 bridgehead atoms. The summed E-state index contributed by atoms with van der Waals surface area (Å²) in [6, 6.07) is 0. The lowest BCUT2D eigenvalue weighted by Gasteiger charge is -2.23. The molecule has 3 atom stereocenters. The van der Waals surface area contributed by atoms with Gasteiger partial charge in [-0.15, -0.1) is 0 Å². The minimum absolute atomic E-state index is 0. The van der Waals surface area contributed by atoms with Gasteiger partial charge < -0.3 is 14.4 Å². The number of carbonyl (C=O) groups excluding carboxylic acids is 1. The molecular weight excluding hydrogens is 226 g/mol. The molecule has 1 rings (SSSR count). The smallest absolute Gasteiger partial charge is 0.0816 e. The van der Waals surface area contributed by atoms with E-state index >= 15 is 0 Å². The normalized spacial score (nSPS) is 26.9. The van der Waals surface area contributed by atoms with Crippen LogP contribution in [0.25, 0.3) is 0 Å². The molecule has 0 radical (unpaired) electrons. The number of quaternary nitrogens is 1. The maximum Gasteiger partial charge on any atom is 0.0816 e. The van der Waals surface area contributed by atoms with E-state index in [0.717, 1.165) is 23.2 Å². The van der Waals surface area contributed by atoms with E-state index in [1.165, 1.54) is 19.5 Å². The van der Waals surface area contributed by atoms with Crippen LogP contribution in [0.15, 0.2) is 0 Å². The van der Waals surface area contributed by atoms with E-state index in [1.807, 2.05) is 0 Å². The first-order chi connectivity index (χ1) is 7.35. The molecule has 0 N–H and O–H groups in total. The predicted octanol–water partition coefficient (Wildman–Crippen LogP) is 2.16. The summed E-state index contributed by atoms with van der Waals surface area (Å²) in [5.41, 5.74) is 0. The van der Waals surface area contributed by atoms with Gasteiger partial charge in [0.25, 0.3) is 0 Å². The topological polar surface area (TPSA) is 40.1 Å². The third-order valence-corrected chi connectivity index (χ3v) is 4.02. The monoisotopic (exact) mass is 259 g/mol. The van der Waals surface area contributed by atoms with Crippen molar-refractivity contribution in [1.82, 2.24) is 0 Å². The predicted molar refractivity (Wildman–Crippen MR) is 76.0 cm³/mol. The number of nitrogens with zero attached hydrogens (tertiary/aromatic N) is 1. The summed E-state index contributed by atoms with van der Waals surface area (Å²) in [7, 11) is 4.54. The highest BCUT2D eigenvalue weighted by Crippen LogP contribution is 2.33. The summed E-state index contributed by atoms with van der Waals surface area (Å²) in [5.74, 6) is 0.263. The zero-order valence-corrected chi connectivity index (χ0v) is 11.0. The third kappa shape index (κ3) is 5.38. The average molecular weight is 259 g/mol. The van der Waals surface area contributed by atoms with E-state index in [0.29, 0.717) is 5.92 Å². The molecule has 0 saturated carbocycles. The lowest BCUT2D eigenvalue weighted by Crippen LogP contribution is -2.37. The van der Waals surface area contributed by atoms with Crippen LogP contribution in [-0.2, 0) is 4.79 Å². The second kappa shape index (κ2) is 7.78. The van der Waals surface area contributed by atoms with Crippen molar-refractivity contribution >= 4 is 5.97 Å². The molecule has 0 aromatic rings. The Morgan fingerprint density at radius 2 is 1.78 bits per heavy atom. The molecule has 0 aliphatic carbocycles. The maximum absolute atomic E-state index is 10.7. The maximum atomic E-state index is 10.7. The van der Waals surface area contributed by atoms with Crippen LogP contribution in [0.5, 0.6) is 0 Å². The lowest BCUT2D eigenvalue weighted by molar-refractivity contribution is -0.880. The van der Waals surface area contributed by atoms with E-state index in [2.05, 4.69) is 21.0 Å². The summed E-state index contributed by atoms with van der Waals surface area (Å²) in [4.78, 5) is 10.7. The van der Waals surface area contributed by atoms with Gasteiger partial charge in [-0.25, -0.2) is 0 Å². The van der Waals surface area contributed by atoms with Gasteiger partial charge in [-0.05, 0) is 25.2 Å². The van der Waals surface area contributed by atoms with Gasteiger partial charge in [0.2, 0.25) is 0 Å². The van der Waals surface area contributed by atoms with Gasteiger partial charge in [0.05, 0.1) is 27.2 Å². The molecular formula is C15H33NO2. The van der Waals surface area contributed by atoms with Crippen LogP contribution in [-0.4, -0.2) is 37.6 Å². The van der Waals surface area contributed by atoms with Crippen LogP contribution in [0.3, 0.4) is 0 Å².